The zero-order chi connectivity index (χ0) is 10.3. The van der Waals surface area contributed by atoms with Crippen molar-refractivity contribution < 1.29 is 0 Å². The molecule has 14 heavy (non-hydrogen) atoms. The van der Waals surface area contributed by atoms with Crippen LogP contribution in [-0.4, -0.2) is 28.5 Å². The summed E-state index contributed by atoms with van der Waals surface area (Å²) in [6.45, 7) is 0. The predicted molar refractivity (Wildman–Crippen MR) is 57.3 cm³/mol. The second kappa shape index (κ2) is 3.29. The molecule has 0 saturated heterocycles. The third kappa shape index (κ3) is 1.51. The van der Waals surface area contributed by atoms with Gasteiger partial charge in [-0.05, 0) is 0 Å². The Morgan fingerprint density at radius 3 is 2.57 bits per heavy atom. The Labute approximate surface area is 91.1 Å². The van der Waals surface area contributed by atoms with E-state index < -0.39 is 0 Å². The number of nitrogens with zero attached hydrogens (tertiary/aromatic N) is 4. The molecule has 2 aromatic rings. The van der Waals surface area contributed by atoms with Gasteiger partial charge in [-0.3, -0.25) is 4.40 Å². The molecule has 6 heteroatoms. The summed E-state index contributed by atoms with van der Waals surface area (Å²) < 4.78 is 1.79. The molecule has 0 amide bonds. The highest BCUT2D eigenvalue weighted by molar-refractivity contribution is 6.30. The van der Waals surface area contributed by atoms with Gasteiger partial charge in [0.1, 0.15) is 16.0 Å². The molecular formula is C8H8Cl2N4. The number of aromatic nitrogens is 3. The topological polar surface area (TPSA) is 33.4 Å². The minimum absolute atomic E-state index is 0.406. The van der Waals surface area contributed by atoms with Gasteiger partial charge < -0.3 is 4.90 Å². The van der Waals surface area contributed by atoms with Crippen LogP contribution in [0.25, 0.3) is 5.65 Å². The third-order valence-electron chi connectivity index (χ3n) is 1.77. The van der Waals surface area contributed by atoms with Crippen LogP contribution in [0.2, 0.25) is 10.3 Å². The maximum atomic E-state index is 5.84. The number of fused-ring (bicyclic) bond motifs is 1. The van der Waals surface area contributed by atoms with Crippen molar-refractivity contribution in [2.24, 2.45) is 0 Å². The highest BCUT2D eigenvalue weighted by Gasteiger charge is 2.08. The fourth-order valence-electron chi connectivity index (χ4n) is 1.23. The highest BCUT2D eigenvalue weighted by Crippen LogP contribution is 2.19. The van der Waals surface area contributed by atoms with Gasteiger partial charge in [-0.1, -0.05) is 23.2 Å². The molecule has 0 N–H and O–H groups in total. The lowest BCUT2D eigenvalue weighted by Gasteiger charge is -2.12. The summed E-state index contributed by atoms with van der Waals surface area (Å²) in [5.41, 5.74) is 0.693. The van der Waals surface area contributed by atoms with Crippen LogP contribution in [0.15, 0.2) is 12.3 Å². The van der Waals surface area contributed by atoms with E-state index in [9.17, 15) is 0 Å². The summed E-state index contributed by atoms with van der Waals surface area (Å²) in [5.74, 6) is 0.701. The van der Waals surface area contributed by atoms with Gasteiger partial charge in [-0.15, -0.1) is 0 Å². The van der Waals surface area contributed by atoms with Crippen LogP contribution in [0.5, 0.6) is 0 Å². The van der Waals surface area contributed by atoms with Crippen LogP contribution >= 0.6 is 23.2 Å². The summed E-state index contributed by atoms with van der Waals surface area (Å²) >= 11 is 11.6. The molecule has 0 aromatic carbocycles. The smallest absolute Gasteiger partial charge is 0.212 e. The SMILES string of the molecule is CN(C)c1nc(Cl)cc2nc(Cl)cn12. The molecule has 74 valence electrons. The van der Waals surface area contributed by atoms with E-state index in [-0.39, 0.29) is 0 Å². The summed E-state index contributed by atoms with van der Waals surface area (Å²) in [6, 6.07) is 1.67. The van der Waals surface area contributed by atoms with Crippen molar-refractivity contribution in [3.8, 4) is 0 Å². The van der Waals surface area contributed by atoms with Gasteiger partial charge in [0.2, 0.25) is 5.95 Å². The van der Waals surface area contributed by atoms with E-state index >= 15 is 0 Å². The van der Waals surface area contributed by atoms with Crippen molar-refractivity contribution in [2.45, 2.75) is 0 Å². The van der Waals surface area contributed by atoms with Crippen LogP contribution in [0.4, 0.5) is 5.95 Å². The molecule has 0 aliphatic carbocycles. The van der Waals surface area contributed by atoms with Gasteiger partial charge in [-0.25, -0.2) is 9.97 Å². The Kier molecular flexibility index (Phi) is 2.25. The predicted octanol–water partition coefficient (Wildman–Crippen LogP) is 2.10. The summed E-state index contributed by atoms with van der Waals surface area (Å²) in [4.78, 5) is 10.1. The van der Waals surface area contributed by atoms with Crippen LogP contribution in [0, 0.1) is 0 Å². The van der Waals surface area contributed by atoms with E-state index in [0.29, 0.717) is 21.9 Å². The number of imidazole rings is 1. The van der Waals surface area contributed by atoms with E-state index in [4.69, 9.17) is 23.2 Å². The second-order valence-corrected chi connectivity index (χ2v) is 3.84. The minimum Gasteiger partial charge on any atom is -0.348 e. The van der Waals surface area contributed by atoms with E-state index in [2.05, 4.69) is 9.97 Å². The first-order valence-corrected chi connectivity index (χ1v) is 4.72. The van der Waals surface area contributed by atoms with Crippen LogP contribution < -0.4 is 4.90 Å². The Hall–Kier alpha value is -1.00. The molecule has 2 heterocycles. The van der Waals surface area contributed by atoms with Crippen LogP contribution in [0.1, 0.15) is 0 Å². The Morgan fingerprint density at radius 1 is 1.21 bits per heavy atom. The largest absolute Gasteiger partial charge is 0.348 e. The highest BCUT2D eigenvalue weighted by atomic mass is 35.5. The first kappa shape index (κ1) is 9.55. The zero-order valence-electron chi connectivity index (χ0n) is 7.70. The number of anilines is 1. The van der Waals surface area contributed by atoms with E-state index in [1.165, 1.54) is 0 Å². The summed E-state index contributed by atoms with van der Waals surface area (Å²) in [6.07, 6.45) is 1.70. The maximum Gasteiger partial charge on any atom is 0.212 e. The molecule has 0 radical (unpaired) electrons. The molecule has 0 spiro atoms. The van der Waals surface area contributed by atoms with E-state index in [1.807, 2.05) is 19.0 Å². The van der Waals surface area contributed by atoms with Gasteiger partial charge in [0.25, 0.3) is 0 Å². The molecule has 0 aliphatic rings. The minimum atomic E-state index is 0.406. The Bertz CT molecular complexity index is 477. The zero-order valence-corrected chi connectivity index (χ0v) is 9.21. The third-order valence-corrected chi connectivity index (χ3v) is 2.15. The molecular weight excluding hydrogens is 223 g/mol. The van der Waals surface area contributed by atoms with Crippen molar-refractivity contribution >= 4 is 34.8 Å². The first-order valence-electron chi connectivity index (χ1n) is 3.96. The summed E-state index contributed by atoms with van der Waals surface area (Å²) in [7, 11) is 3.76. The number of hydrogen-bond acceptors (Lipinski definition) is 3. The van der Waals surface area contributed by atoms with Gasteiger partial charge >= 0.3 is 0 Å². The number of halogens is 2. The molecule has 0 aliphatic heterocycles. The fourth-order valence-corrected chi connectivity index (χ4v) is 1.59. The van der Waals surface area contributed by atoms with Crippen molar-refractivity contribution in [1.29, 1.82) is 0 Å². The van der Waals surface area contributed by atoms with E-state index in [0.717, 1.165) is 0 Å². The quantitative estimate of drug-likeness (QED) is 0.704. The Morgan fingerprint density at radius 2 is 1.93 bits per heavy atom. The standard InChI is InChI=1S/C8H8Cl2N4/c1-13(2)8-12-5(9)3-7-11-6(10)4-14(7)8/h3-4H,1-2H3. The Balaban J connectivity index is 2.79. The van der Waals surface area contributed by atoms with Gasteiger partial charge in [0.05, 0.1) is 6.20 Å². The fraction of sp³-hybridized carbons (Fsp3) is 0.250. The van der Waals surface area contributed by atoms with Gasteiger partial charge in [-0.2, -0.15) is 0 Å². The normalized spacial score (nSPS) is 10.9. The maximum absolute atomic E-state index is 5.84. The van der Waals surface area contributed by atoms with E-state index in [1.54, 1.807) is 16.7 Å². The molecule has 0 unspecified atom stereocenters. The van der Waals surface area contributed by atoms with Crippen LogP contribution in [0.3, 0.4) is 0 Å². The molecule has 2 rings (SSSR count). The second-order valence-electron chi connectivity index (χ2n) is 3.07. The van der Waals surface area contributed by atoms with Gasteiger partial charge in [0, 0.05) is 20.2 Å². The molecule has 0 bridgehead atoms. The van der Waals surface area contributed by atoms with Crippen LogP contribution in [-0.2, 0) is 0 Å². The van der Waals surface area contributed by atoms with Gasteiger partial charge in [0.15, 0.2) is 0 Å². The molecule has 0 atom stereocenters. The lowest BCUT2D eigenvalue weighted by molar-refractivity contribution is 0.962. The molecule has 2 aromatic heterocycles. The number of rotatable bonds is 1. The molecule has 4 nitrogen and oxygen atoms in total. The number of hydrogen-bond donors (Lipinski definition) is 0. The van der Waals surface area contributed by atoms with Crippen molar-refractivity contribution in [3.63, 3.8) is 0 Å². The lowest BCUT2D eigenvalue weighted by Crippen LogP contribution is -2.14. The monoisotopic (exact) mass is 230 g/mol. The van der Waals surface area contributed by atoms with Crippen molar-refractivity contribution in [1.82, 2.24) is 14.4 Å². The van der Waals surface area contributed by atoms with Crippen molar-refractivity contribution in [3.05, 3.63) is 22.6 Å². The average Bonchev–Trinajstić information content (AvgIpc) is 2.42. The van der Waals surface area contributed by atoms with Crippen molar-refractivity contribution in [2.75, 3.05) is 19.0 Å². The molecule has 0 saturated carbocycles. The first-order chi connectivity index (χ1) is 6.58. The average molecular weight is 231 g/mol. The lowest BCUT2D eigenvalue weighted by atomic mass is 10.6. The molecule has 0 fully saturated rings. The summed E-state index contributed by atoms with van der Waals surface area (Å²) in [5, 5.41) is 0.834.